The number of hydrogen-bond acceptors (Lipinski definition) is 10. The molecule has 0 amide bonds. The number of fused-ring (bicyclic) bond motifs is 1. The van der Waals surface area contributed by atoms with E-state index in [1.54, 1.807) is 0 Å². The van der Waals surface area contributed by atoms with Crippen LogP contribution >= 0.6 is 0 Å². The van der Waals surface area contributed by atoms with Gasteiger partial charge in [0, 0.05) is 36.1 Å². The van der Waals surface area contributed by atoms with Gasteiger partial charge in [-0.3, -0.25) is 4.79 Å². The van der Waals surface area contributed by atoms with Crippen LogP contribution in [0.4, 0.5) is 0 Å². The van der Waals surface area contributed by atoms with E-state index >= 15 is 0 Å². The number of carbonyl (C=O) groups is 1. The fourth-order valence-corrected chi connectivity index (χ4v) is 3.72. The van der Waals surface area contributed by atoms with Crippen molar-refractivity contribution in [3.05, 3.63) is 64.8 Å². The first-order valence-corrected chi connectivity index (χ1v) is 9.60. The van der Waals surface area contributed by atoms with Gasteiger partial charge in [0.05, 0.1) is 5.92 Å². The first kappa shape index (κ1) is 21.0. The molecule has 0 aromatic heterocycles. The summed E-state index contributed by atoms with van der Waals surface area (Å²) in [5.41, 5.74) is 0.622. The third kappa shape index (κ3) is 3.78. The topological polar surface area (TPSA) is 177 Å². The molecule has 3 unspecified atom stereocenters. The van der Waals surface area contributed by atoms with E-state index in [-0.39, 0.29) is 41.4 Å². The number of aromatic hydroxyl groups is 4. The van der Waals surface area contributed by atoms with Crippen molar-refractivity contribution in [3.63, 3.8) is 0 Å². The summed E-state index contributed by atoms with van der Waals surface area (Å²) in [4.78, 5) is 12.8. The first-order valence-electron chi connectivity index (χ1n) is 9.60. The van der Waals surface area contributed by atoms with Crippen molar-refractivity contribution in [2.45, 2.75) is 25.0 Å². The minimum Gasteiger partial charge on any atom is -0.508 e. The molecule has 10 nitrogen and oxygen atoms in total. The summed E-state index contributed by atoms with van der Waals surface area (Å²) in [5.74, 6) is -5.01. The van der Waals surface area contributed by atoms with Crippen LogP contribution < -0.4 is 4.74 Å². The van der Waals surface area contributed by atoms with E-state index in [4.69, 9.17) is 9.47 Å². The van der Waals surface area contributed by atoms with Crippen LogP contribution in [0, 0.1) is 5.92 Å². The van der Waals surface area contributed by atoms with Crippen molar-refractivity contribution in [2.75, 3.05) is 0 Å². The zero-order valence-corrected chi connectivity index (χ0v) is 16.5. The third-order valence-electron chi connectivity index (χ3n) is 5.35. The van der Waals surface area contributed by atoms with Gasteiger partial charge in [0.2, 0.25) is 0 Å². The molecule has 1 heterocycles. The highest BCUT2D eigenvalue weighted by atomic mass is 16.6. The molecule has 1 aliphatic carbocycles. The standard InChI is InChI=1S/C22H20O10/c23-11-6-14(25)12-8-19(32-22(30)10-4-16(27)20(29)17(28)5-10)21(31-18(12)7-11)9-1-2-13(24)15(26)3-9/h1-4,6-7,10,19,21,23-29H,5,8H2. The molecule has 4 rings (SSSR count). The quantitative estimate of drug-likeness (QED) is 0.275. The predicted molar refractivity (Wildman–Crippen MR) is 108 cm³/mol. The average molecular weight is 444 g/mol. The van der Waals surface area contributed by atoms with E-state index in [0.717, 1.165) is 12.1 Å². The Bertz CT molecular complexity index is 1150. The Labute approximate surface area is 181 Å². The SMILES string of the molecule is O=C(OC1Cc2c(O)cc(O)cc2OC1c1ccc(O)c(O)c1)C1C=C(O)C(O)=C(O)C1. The lowest BCUT2D eigenvalue weighted by Gasteiger charge is -2.34. The van der Waals surface area contributed by atoms with Crippen LogP contribution in [0.25, 0.3) is 0 Å². The molecule has 0 radical (unpaired) electrons. The van der Waals surface area contributed by atoms with Crippen LogP contribution in [-0.2, 0) is 16.0 Å². The summed E-state index contributed by atoms with van der Waals surface area (Å²) in [5, 5.41) is 68.4. The van der Waals surface area contributed by atoms with Gasteiger partial charge in [-0.2, -0.15) is 0 Å². The van der Waals surface area contributed by atoms with Crippen molar-refractivity contribution in [1.82, 2.24) is 0 Å². The lowest BCUT2D eigenvalue weighted by molar-refractivity contribution is -0.159. The Balaban J connectivity index is 1.67. The molecule has 32 heavy (non-hydrogen) atoms. The Morgan fingerprint density at radius 3 is 2.34 bits per heavy atom. The molecule has 0 saturated heterocycles. The maximum absolute atomic E-state index is 12.8. The third-order valence-corrected chi connectivity index (χ3v) is 5.35. The van der Waals surface area contributed by atoms with Gasteiger partial charge >= 0.3 is 5.97 Å². The second kappa shape index (κ2) is 7.80. The van der Waals surface area contributed by atoms with Crippen LogP contribution in [0.3, 0.4) is 0 Å². The fraction of sp³-hybridized carbons (Fsp3) is 0.227. The van der Waals surface area contributed by atoms with Crippen molar-refractivity contribution in [3.8, 4) is 28.7 Å². The van der Waals surface area contributed by atoms with Crippen molar-refractivity contribution in [2.24, 2.45) is 5.92 Å². The van der Waals surface area contributed by atoms with Crippen LogP contribution in [0.1, 0.15) is 23.7 Å². The van der Waals surface area contributed by atoms with Crippen LogP contribution in [-0.4, -0.2) is 47.8 Å². The number of esters is 1. The predicted octanol–water partition coefficient (Wildman–Crippen LogP) is 2.89. The summed E-state index contributed by atoms with van der Waals surface area (Å²) in [6.45, 7) is 0. The van der Waals surface area contributed by atoms with E-state index in [2.05, 4.69) is 0 Å². The van der Waals surface area contributed by atoms with Gasteiger partial charge in [-0.15, -0.1) is 0 Å². The first-order chi connectivity index (χ1) is 15.1. The smallest absolute Gasteiger partial charge is 0.313 e. The van der Waals surface area contributed by atoms with Crippen LogP contribution in [0.2, 0.25) is 0 Å². The normalized spacial score (nSPS) is 22.5. The fourth-order valence-electron chi connectivity index (χ4n) is 3.72. The molecule has 10 heteroatoms. The Morgan fingerprint density at radius 1 is 0.906 bits per heavy atom. The molecular formula is C22H20O10. The molecule has 7 N–H and O–H groups in total. The van der Waals surface area contributed by atoms with Gasteiger partial charge in [-0.25, -0.2) is 0 Å². The average Bonchev–Trinajstić information content (AvgIpc) is 2.73. The van der Waals surface area contributed by atoms with E-state index in [9.17, 15) is 40.5 Å². The Hall–Kier alpha value is -4.21. The Kier molecular flexibility index (Phi) is 5.13. The van der Waals surface area contributed by atoms with Gasteiger partial charge in [-0.05, 0) is 18.2 Å². The maximum Gasteiger partial charge on any atom is 0.313 e. The number of aliphatic hydroxyl groups is 3. The molecule has 0 spiro atoms. The van der Waals surface area contributed by atoms with Gasteiger partial charge in [0.1, 0.15) is 29.1 Å². The minimum atomic E-state index is -1.09. The molecule has 1 aliphatic heterocycles. The number of phenolic OH excluding ortho intramolecular Hbond substituents is 4. The zero-order valence-electron chi connectivity index (χ0n) is 16.5. The minimum absolute atomic E-state index is 0.0189. The largest absolute Gasteiger partial charge is 0.508 e. The lowest BCUT2D eigenvalue weighted by Crippen LogP contribution is -2.36. The monoisotopic (exact) mass is 444 g/mol. The van der Waals surface area contributed by atoms with E-state index in [1.807, 2.05) is 0 Å². The summed E-state index contributed by atoms with van der Waals surface area (Å²) in [7, 11) is 0. The molecule has 2 aromatic rings. The number of benzene rings is 2. The van der Waals surface area contributed by atoms with Crippen molar-refractivity contribution < 1.29 is 50.0 Å². The molecule has 0 fully saturated rings. The highest BCUT2D eigenvalue weighted by molar-refractivity contribution is 5.76. The highest BCUT2D eigenvalue weighted by Crippen LogP contribution is 2.44. The van der Waals surface area contributed by atoms with Crippen molar-refractivity contribution >= 4 is 5.97 Å². The molecule has 2 aromatic carbocycles. The van der Waals surface area contributed by atoms with Gasteiger partial charge in [-0.1, -0.05) is 6.07 Å². The zero-order chi connectivity index (χ0) is 23.2. The second-order valence-electron chi connectivity index (χ2n) is 7.57. The number of rotatable bonds is 3. The summed E-state index contributed by atoms with van der Waals surface area (Å²) in [6, 6.07) is 6.31. The summed E-state index contributed by atoms with van der Waals surface area (Å²) >= 11 is 0. The van der Waals surface area contributed by atoms with Crippen LogP contribution in [0.15, 0.2) is 53.7 Å². The van der Waals surface area contributed by atoms with Gasteiger partial charge in [0.25, 0.3) is 0 Å². The second-order valence-corrected chi connectivity index (χ2v) is 7.57. The molecule has 0 saturated carbocycles. The number of carbonyl (C=O) groups excluding carboxylic acids is 1. The van der Waals surface area contributed by atoms with Gasteiger partial charge in [0.15, 0.2) is 29.1 Å². The molecule has 168 valence electrons. The van der Waals surface area contributed by atoms with Crippen molar-refractivity contribution in [1.29, 1.82) is 0 Å². The van der Waals surface area contributed by atoms with Crippen LogP contribution in [0.5, 0.6) is 28.7 Å². The number of aliphatic hydroxyl groups excluding tert-OH is 3. The molecule has 0 bridgehead atoms. The van der Waals surface area contributed by atoms with Gasteiger partial charge < -0.3 is 45.2 Å². The highest BCUT2D eigenvalue weighted by Gasteiger charge is 2.38. The van der Waals surface area contributed by atoms with E-state index in [1.165, 1.54) is 24.3 Å². The molecule has 2 aliphatic rings. The molecular weight excluding hydrogens is 424 g/mol. The number of hydrogen-bond donors (Lipinski definition) is 7. The molecule has 3 atom stereocenters. The summed E-state index contributed by atoms with van der Waals surface area (Å²) in [6.07, 6.45) is -1.27. The lowest BCUT2D eigenvalue weighted by atomic mass is 9.93. The number of ether oxygens (including phenoxy) is 2. The number of phenols is 4. The van der Waals surface area contributed by atoms with E-state index < -0.39 is 47.1 Å². The van der Waals surface area contributed by atoms with E-state index in [0.29, 0.717) is 5.56 Å². The maximum atomic E-state index is 12.8. The number of allylic oxidation sites excluding steroid dienone is 1. The summed E-state index contributed by atoms with van der Waals surface area (Å²) < 4.78 is 11.5. The Morgan fingerprint density at radius 2 is 1.66 bits per heavy atom.